The molecule has 0 N–H and O–H groups in total. The van der Waals surface area contributed by atoms with E-state index in [4.69, 9.17) is 0 Å². The highest BCUT2D eigenvalue weighted by Gasteiger charge is 2.45. The minimum absolute atomic E-state index is 0.130. The van der Waals surface area contributed by atoms with E-state index in [2.05, 4.69) is 44.7 Å². The summed E-state index contributed by atoms with van der Waals surface area (Å²) in [4.78, 5) is 30.9. The zero-order valence-corrected chi connectivity index (χ0v) is 22.2. The van der Waals surface area contributed by atoms with Gasteiger partial charge in [-0.2, -0.15) is 0 Å². The van der Waals surface area contributed by atoms with Crippen molar-refractivity contribution in [2.45, 2.75) is 98.3 Å². The summed E-state index contributed by atoms with van der Waals surface area (Å²) in [7, 11) is 0. The number of hydrogen-bond donors (Lipinski definition) is 0. The topological polar surface area (TPSA) is 60.4 Å². The zero-order valence-electron chi connectivity index (χ0n) is 22.2. The summed E-state index contributed by atoms with van der Waals surface area (Å²) in [5, 5.41) is 0. The minimum Gasteiger partial charge on any atom is -0.458 e. The normalized spacial score (nSPS) is 31.6. The average Bonchev–Trinajstić information content (AvgIpc) is 3.41. The monoisotopic (exact) mass is 472 g/mol. The van der Waals surface area contributed by atoms with Crippen LogP contribution >= 0.6 is 0 Å². The Morgan fingerprint density at radius 1 is 1.03 bits per heavy atom. The Bertz CT molecular complexity index is 695. The Labute approximate surface area is 208 Å². The van der Waals surface area contributed by atoms with Gasteiger partial charge in [-0.3, -0.25) is 14.4 Å². The molecule has 0 bridgehead atoms. The van der Waals surface area contributed by atoms with Crippen LogP contribution in [0.2, 0.25) is 0 Å². The van der Waals surface area contributed by atoms with Gasteiger partial charge in [-0.25, -0.2) is 0 Å². The summed E-state index contributed by atoms with van der Waals surface area (Å²) in [5.41, 5.74) is 1.57. The van der Waals surface area contributed by atoms with Crippen LogP contribution in [-0.2, 0) is 19.1 Å². The van der Waals surface area contributed by atoms with Gasteiger partial charge in [-0.1, -0.05) is 77.4 Å². The molecular formula is C30H48O4. The average molecular weight is 473 g/mol. The number of carbonyl (C=O) groups is 3. The molecule has 4 heteroatoms. The maximum absolute atomic E-state index is 11.7. The highest BCUT2D eigenvalue weighted by Crippen LogP contribution is 2.54. The fourth-order valence-electron chi connectivity index (χ4n) is 5.88. The first-order chi connectivity index (χ1) is 16.3. The number of fused-ring (bicyclic) bond motifs is 3. The zero-order chi connectivity index (χ0) is 25.6. The van der Waals surface area contributed by atoms with Gasteiger partial charge in [0.15, 0.2) is 12.1 Å². The summed E-state index contributed by atoms with van der Waals surface area (Å²) < 4.78 is 4.18. The first-order valence-electron chi connectivity index (χ1n) is 13.3. The van der Waals surface area contributed by atoms with Gasteiger partial charge in [0.05, 0.1) is 0 Å². The second-order valence-corrected chi connectivity index (χ2v) is 10.4. The molecule has 3 fully saturated rings. The maximum Gasteiger partial charge on any atom is 0.303 e. The summed E-state index contributed by atoms with van der Waals surface area (Å²) >= 11 is 0. The molecule has 4 unspecified atom stereocenters. The lowest BCUT2D eigenvalue weighted by Crippen LogP contribution is -2.40. The number of aldehydes is 1. The van der Waals surface area contributed by atoms with Crippen LogP contribution in [0, 0.1) is 29.1 Å². The Morgan fingerprint density at radius 3 is 2.09 bits per heavy atom. The van der Waals surface area contributed by atoms with Crippen molar-refractivity contribution in [2.24, 2.45) is 29.1 Å². The summed E-state index contributed by atoms with van der Waals surface area (Å²) in [6.45, 7) is 14.4. The number of carbonyl (C=O) groups excluding carboxylic acids is 3. The van der Waals surface area contributed by atoms with E-state index >= 15 is 0 Å². The van der Waals surface area contributed by atoms with Crippen LogP contribution in [0.1, 0.15) is 98.3 Å². The van der Waals surface area contributed by atoms with E-state index in [1.807, 2.05) is 12.2 Å². The Kier molecular flexibility index (Phi) is 14.0. The van der Waals surface area contributed by atoms with Gasteiger partial charge in [0.1, 0.15) is 6.61 Å². The van der Waals surface area contributed by atoms with Gasteiger partial charge < -0.3 is 4.74 Å². The molecule has 5 atom stereocenters. The van der Waals surface area contributed by atoms with E-state index in [-0.39, 0.29) is 17.8 Å². The highest BCUT2D eigenvalue weighted by atomic mass is 16.5. The molecule has 4 rings (SSSR count). The Morgan fingerprint density at radius 2 is 1.59 bits per heavy atom. The van der Waals surface area contributed by atoms with E-state index < -0.39 is 5.97 Å². The lowest BCUT2D eigenvalue weighted by atomic mass is 9.55. The molecule has 0 aromatic heterocycles. The second kappa shape index (κ2) is 15.8. The quantitative estimate of drug-likeness (QED) is 0.238. The standard InChI is InChI=1S/C19H28O.C5H10.C4H6O3.C2H4/c1-13-4-6-15-7-8-16-12-17(20)10-11-19(16,3)18(15)9-5-14(13)2;1-2-4-5-3-1;1-4(6)7-3-2-5;1-2/h10-15,18H,4-9H2,1-3H3;1-5H2;2H,3H2,1H3;1-2H2/t13-,14?,15?,18?,19?;;;/m1.../s1. The number of allylic oxidation sites excluding steroid dienone is 4. The largest absolute Gasteiger partial charge is 0.458 e. The third-order valence-electron chi connectivity index (χ3n) is 8.23. The minimum atomic E-state index is -0.424. The lowest BCUT2D eigenvalue weighted by Gasteiger charge is -2.49. The van der Waals surface area contributed by atoms with E-state index in [9.17, 15) is 14.4 Å². The van der Waals surface area contributed by atoms with Crippen LogP contribution < -0.4 is 0 Å². The molecular weight excluding hydrogens is 424 g/mol. The second-order valence-electron chi connectivity index (χ2n) is 10.4. The number of rotatable bonds is 2. The SMILES string of the molecule is C1CCCC1.C=C.CC(=O)OCC=O.CC1CCC2C(CCC3=CC(=O)C=CC32C)CC[C@H]1C. The van der Waals surface area contributed by atoms with Crippen molar-refractivity contribution in [1.29, 1.82) is 0 Å². The maximum atomic E-state index is 11.7. The fourth-order valence-corrected chi connectivity index (χ4v) is 5.88. The third-order valence-corrected chi connectivity index (χ3v) is 8.23. The van der Waals surface area contributed by atoms with Crippen molar-refractivity contribution < 1.29 is 19.1 Å². The molecule has 3 saturated carbocycles. The van der Waals surface area contributed by atoms with Crippen molar-refractivity contribution in [1.82, 2.24) is 0 Å². The molecule has 192 valence electrons. The van der Waals surface area contributed by atoms with E-state index in [0.717, 1.165) is 30.1 Å². The fraction of sp³-hybridized carbons (Fsp3) is 0.700. The molecule has 0 heterocycles. The van der Waals surface area contributed by atoms with Gasteiger partial charge in [0, 0.05) is 12.3 Å². The van der Waals surface area contributed by atoms with Crippen molar-refractivity contribution in [3.8, 4) is 0 Å². The molecule has 0 radical (unpaired) electrons. The van der Waals surface area contributed by atoms with Crippen LogP contribution in [-0.4, -0.2) is 24.6 Å². The number of ether oxygens (including phenoxy) is 1. The van der Waals surface area contributed by atoms with Crippen LogP contribution in [0.5, 0.6) is 0 Å². The van der Waals surface area contributed by atoms with Gasteiger partial charge in [-0.15, -0.1) is 13.2 Å². The highest BCUT2D eigenvalue weighted by molar-refractivity contribution is 6.01. The summed E-state index contributed by atoms with van der Waals surface area (Å²) in [6, 6.07) is 0. The van der Waals surface area contributed by atoms with Gasteiger partial charge in [-0.05, 0) is 61.5 Å². The number of esters is 1. The van der Waals surface area contributed by atoms with Gasteiger partial charge in [0.2, 0.25) is 0 Å². The molecule has 34 heavy (non-hydrogen) atoms. The molecule has 0 aromatic carbocycles. The molecule has 0 amide bonds. The van der Waals surface area contributed by atoms with Crippen LogP contribution in [0.3, 0.4) is 0 Å². The molecule has 4 aliphatic carbocycles. The van der Waals surface area contributed by atoms with E-state index in [0.29, 0.717) is 6.29 Å². The summed E-state index contributed by atoms with van der Waals surface area (Å²) in [6.07, 6.45) is 21.9. The van der Waals surface area contributed by atoms with Gasteiger partial charge >= 0.3 is 5.97 Å². The van der Waals surface area contributed by atoms with Crippen molar-refractivity contribution in [3.63, 3.8) is 0 Å². The molecule has 4 nitrogen and oxygen atoms in total. The lowest BCUT2D eigenvalue weighted by molar-refractivity contribution is -0.143. The van der Waals surface area contributed by atoms with Gasteiger partial charge in [0.25, 0.3) is 0 Å². The molecule has 0 spiro atoms. The van der Waals surface area contributed by atoms with Crippen molar-refractivity contribution >= 4 is 18.0 Å². The Balaban J connectivity index is 0.000000340. The van der Waals surface area contributed by atoms with E-state index in [1.54, 1.807) is 0 Å². The van der Waals surface area contributed by atoms with Crippen LogP contribution in [0.15, 0.2) is 37.0 Å². The number of hydrogen-bond acceptors (Lipinski definition) is 4. The smallest absolute Gasteiger partial charge is 0.303 e. The molecule has 0 aromatic rings. The molecule has 4 aliphatic rings. The predicted octanol–water partition coefficient (Wildman–Crippen LogP) is 7.43. The first-order valence-corrected chi connectivity index (χ1v) is 13.3. The molecule has 0 aliphatic heterocycles. The van der Waals surface area contributed by atoms with Crippen LogP contribution in [0.4, 0.5) is 0 Å². The molecule has 0 saturated heterocycles. The van der Waals surface area contributed by atoms with Crippen molar-refractivity contribution in [2.75, 3.05) is 6.61 Å². The first kappa shape index (κ1) is 30.1. The predicted molar refractivity (Wildman–Crippen MR) is 140 cm³/mol. The van der Waals surface area contributed by atoms with Crippen molar-refractivity contribution in [3.05, 3.63) is 37.0 Å². The third kappa shape index (κ3) is 9.35. The number of ketones is 1. The van der Waals surface area contributed by atoms with Crippen LogP contribution in [0.25, 0.3) is 0 Å². The summed E-state index contributed by atoms with van der Waals surface area (Å²) in [5.74, 6) is 3.12. The van der Waals surface area contributed by atoms with E-state index in [1.165, 1.54) is 76.7 Å². The Hall–Kier alpha value is -1.97.